The Morgan fingerprint density at radius 3 is 2.68 bits per heavy atom. The Morgan fingerprint density at radius 1 is 1.21 bits per heavy atom. The molecule has 0 unspecified atom stereocenters. The quantitative estimate of drug-likeness (QED) is 0.873. The van der Waals surface area contributed by atoms with Crippen molar-refractivity contribution in [3.8, 4) is 11.6 Å². The van der Waals surface area contributed by atoms with Gasteiger partial charge in [-0.05, 0) is 31.9 Å². The Labute approximate surface area is 117 Å². The molecule has 0 spiro atoms. The largest absolute Gasteiger partial charge is 0.438 e. The lowest BCUT2D eigenvalue weighted by atomic mass is 10.1. The van der Waals surface area contributed by atoms with E-state index in [0.717, 1.165) is 5.56 Å². The Morgan fingerprint density at radius 2 is 1.95 bits per heavy atom. The molecule has 1 aromatic heterocycles. The van der Waals surface area contributed by atoms with Gasteiger partial charge in [0.2, 0.25) is 5.88 Å². The lowest BCUT2D eigenvalue weighted by Gasteiger charge is -2.12. The molecular weight excluding hydrogens is 264 g/mol. The summed E-state index contributed by atoms with van der Waals surface area (Å²) in [6.07, 6.45) is 0.535. The number of rotatable bonds is 4. The van der Waals surface area contributed by atoms with Gasteiger partial charge < -0.3 is 9.84 Å². The zero-order valence-electron chi connectivity index (χ0n) is 10.9. The maximum atomic E-state index is 9.05. The monoisotopic (exact) mass is 278 g/mol. The predicted molar refractivity (Wildman–Crippen MR) is 73.8 cm³/mol. The number of hydrogen-bond donors (Lipinski definition) is 1. The first kappa shape index (κ1) is 13.8. The third-order valence-electron chi connectivity index (χ3n) is 2.71. The molecule has 2 rings (SSSR count). The summed E-state index contributed by atoms with van der Waals surface area (Å²) in [5.74, 6) is 1.68. The van der Waals surface area contributed by atoms with Crippen molar-refractivity contribution in [2.24, 2.45) is 0 Å². The van der Waals surface area contributed by atoms with E-state index in [2.05, 4.69) is 9.97 Å². The van der Waals surface area contributed by atoms with Crippen LogP contribution in [0.2, 0.25) is 5.15 Å². The normalized spacial score (nSPS) is 10.5. The fraction of sp³-hybridized carbons (Fsp3) is 0.286. The van der Waals surface area contributed by atoms with Crippen molar-refractivity contribution in [2.45, 2.75) is 20.3 Å². The molecule has 1 aromatic carbocycles. The second kappa shape index (κ2) is 5.99. The molecular formula is C14H15ClN2O2. The Kier molecular flexibility index (Phi) is 4.35. The van der Waals surface area contributed by atoms with Crippen molar-refractivity contribution < 1.29 is 9.84 Å². The molecule has 0 atom stereocenters. The van der Waals surface area contributed by atoms with E-state index in [9.17, 15) is 0 Å². The van der Waals surface area contributed by atoms with Gasteiger partial charge in [0.05, 0.1) is 0 Å². The number of ether oxygens (including phenoxy) is 1. The van der Waals surface area contributed by atoms with Gasteiger partial charge in [-0.3, -0.25) is 0 Å². The zero-order chi connectivity index (χ0) is 13.8. The smallest absolute Gasteiger partial charge is 0.226 e. The van der Waals surface area contributed by atoms with Gasteiger partial charge in [-0.15, -0.1) is 0 Å². The number of para-hydroxylation sites is 1. The summed E-state index contributed by atoms with van der Waals surface area (Å²) in [4.78, 5) is 8.32. The van der Waals surface area contributed by atoms with E-state index in [-0.39, 0.29) is 6.61 Å². The van der Waals surface area contributed by atoms with Crippen LogP contribution in [0.1, 0.15) is 17.0 Å². The van der Waals surface area contributed by atoms with E-state index >= 15 is 0 Å². The average Bonchev–Trinajstić information content (AvgIpc) is 2.38. The standard InChI is InChI=1S/C14H15ClN2O2/c1-9-13(15)16-10(2)17-14(9)19-12-6-4-3-5-11(12)7-8-18/h3-6,18H,7-8H2,1-2H3. The molecule has 0 saturated heterocycles. The van der Waals surface area contributed by atoms with E-state index in [4.69, 9.17) is 21.4 Å². The topological polar surface area (TPSA) is 55.2 Å². The third-order valence-corrected chi connectivity index (χ3v) is 3.08. The van der Waals surface area contributed by atoms with Crippen LogP contribution in [0.25, 0.3) is 0 Å². The summed E-state index contributed by atoms with van der Waals surface area (Å²) in [6, 6.07) is 7.54. The van der Waals surface area contributed by atoms with Crippen molar-refractivity contribution >= 4 is 11.6 Å². The van der Waals surface area contributed by atoms with Crippen LogP contribution in [-0.2, 0) is 6.42 Å². The maximum Gasteiger partial charge on any atom is 0.226 e. The van der Waals surface area contributed by atoms with Crippen molar-refractivity contribution in [1.29, 1.82) is 0 Å². The number of aryl methyl sites for hydroxylation is 1. The second-order valence-electron chi connectivity index (χ2n) is 4.18. The van der Waals surface area contributed by atoms with Crippen LogP contribution in [0.5, 0.6) is 11.6 Å². The first-order chi connectivity index (χ1) is 9.11. The molecule has 0 aliphatic carbocycles. The molecule has 2 aromatic rings. The first-order valence-electron chi connectivity index (χ1n) is 5.99. The highest BCUT2D eigenvalue weighted by Crippen LogP contribution is 2.29. The SMILES string of the molecule is Cc1nc(Cl)c(C)c(Oc2ccccc2CCO)n1. The lowest BCUT2D eigenvalue weighted by Crippen LogP contribution is -2.00. The van der Waals surface area contributed by atoms with Crippen LogP contribution in [0.4, 0.5) is 0 Å². The molecule has 0 amide bonds. The molecule has 0 saturated carbocycles. The molecule has 0 aliphatic rings. The Balaban J connectivity index is 2.36. The fourth-order valence-corrected chi connectivity index (χ4v) is 1.91. The Bertz CT molecular complexity index is 588. The molecule has 0 fully saturated rings. The van der Waals surface area contributed by atoms with Gasteiger partial charge in [-0.1, -0.05) is 29.8 Å². The summed E-state index contributed by atoms with van der Waals surface area (Å²) in [6.45, 7) is 3.65. The van der Waals surface area contributed by atoms with Crippen LogP contribution in [0.15, 0.2) is 24.3 Å². The minimum atomic E-state index is 0.0723. The first-order valence-corrected chi connectivity index (χ1v) is 6.37. The van der Waals surface area contributed by atoms with E-state index in [1.807, 2.05) is 31.2 Å². The number of aromatic nitrogens is 2. The third kappa shape index (κ3) is 3.22. The highest BCUT2D eigenvalue weighted by Gasteiger charge is 2.11. The molecule has 1 heterocycles. The summed E-state index contributed by atoms with van der Waals surface area (Å²) in [7, 11) is 0. The van der Waals surface area contributed by atoms with Crippen molar-refractivity contribution in [1.82, 2.24) is 9.97 Å². The van der Waals surface area contributed by atoms with Gasteiger partial charge in [0.1, 0.15) is 16.7 Å². The number of aliphatic hydroxyl groups excluding tert-OH is 1. The van der Waals surface area contributed by atoms with Gasteiger partial charge >= 0.3 is 0 Å². The molecule has 4 nitrogen and oxygen atoms in total. The van der Waals surface area contributed by atoms with Crippen molar-refractivity contribution in [2.75, 3.05) is 6.61 Å². The molecule has 0 radical (unpaired) electrons. The number of nitrogens with zero attached hydrogens (tertiary/aromatic N) is 2. The predicted octanol–water partition coefficient (Wildman–Crippen LogP) is 3.07. The summed E-state index contributed by atoms with van der Waals surface area (Å²) < 4.78 is 5.81. The fourth-order valence-electron chi connectivity index (χ4n) is 1.70. The highest BCUT2D eigenvalue weighted by atomic mass is 35.5. The summed E-state index contributed by atoms with van der Waals surface area (Å²) in [5.41, 5.74) is 1.63. The van der Waals surface area contributed by atoms with Gasteiger partial charge in [0.15, 0.2) is 0 Å². The molecule has 100 valence electrons. The molecule has 0 aliphatic heterocycles. The van der Waals surface area contributed by atoms with Crippen LogP contribution < -0.4 is 4.74 Å². The minimum Gasteiger partial charge on any atom is -0.438 e. The maximum absolute atomic E-state index is 9.05. The van der Waals surface area contributed by atoms with E-state index in [1.54, 1.807) is 6.92 Å². The van der Waals surface area contributed by atoms with E-state index in [1.165, 1.54) is 0 Å². The summed E-state index contributed by atoms with van der Waals surface area (Å²) >= 11 is 6.02. The lowest BCUT2D eigenvalue weighted by molar-refractivity contribution is 0.297. The number of halogens is 1. The van der Waals surface area contributed by atoms with Crippen LogP contribution in [-0.4, -0.2) is 21.7 Å². The van der Waals surface area contributed by atoms with Gasteiger partial charge in [0, 0.05) is 12.2 Å². The van der Waals surface area contributed by atoms with Crippen LogP contribution in [0, 0.1) is 13.8 Å². The van der Waals surface area contributed by atoms with Crippen molar-refractivity contribution in [3.05, 3.63) is 46.4 Å². The molecule has 5 heteroatoms. The molecule has 19 heavy (non-hydrogen) atoms. The van der Waals surface area contributed by atoms with Crippen LogP contribution >= 0.6 is 11.6 Å². The number of aliphatic hydroxyl groups is 1. The van der Waals surface area contributed by atoms with E-state index in [0.29, 0.717) is 34.6 Å². The number of hydrogen-bond acceptors (Lipinski definition) is 4. The van der Waals surface area contributed by atoms with Gasteiger partial charge in [0.25, 0.3) is 0 Å². The van der Waals surface area contributed by atoms with Gasteiger partial charge in [-0.25, -0.2) is 4.98 Å². The molecule has 0 bridgehead atoms. The van der Waals surface area contributed by atoms with Crippen LogP contribution in [0.3, 0.4) is 0 Å². The van der Waals surface area contributed by atoms with E-state index < -0.39 is 0 Å². The zero-order valence-corrected chi connectivity index (χ0v) is 11.6. The number of benzene rings is 1. The second-order valence-corrected chi connectivity index (χ2v) is 4.53. The summed E-state index contributed by atoms with van der Waals surface area (Å²) in [5, 5.41) is 9.44. The molecule has 1 N–H and O–H groups in total. The average molecular weight is 279 g/mol. The Hall–Kier alpha value is -1.65. The highest BCUT2D eigenvalue weighted by molar-refractivity contribution is 6.30. The van der Waals surface area contributed by atoms with Crippen molar-refractivity contribution in [3.63, 3.8) is 0 Å². The minimum absolute atomic E-state index is 0.0723. The van der Waals surface area contributed by atoms with Gasteiger partial charge in [-0.2, -0.15) is 4.98 Å².